The monoisotopic (exact) mass is 365 g/mol. The first-order chi connectivity index (χ1) is 11.7. The van der Waals surface area contributed by atoms with Gasteiger partial charge in [0.05, 0.1) is 28.9 Å². The molecule has 2 heterocycles. The second kappa shape index (κ2) is 6.18. The van der Waals surface area contributed by atoms with Gasteiger partial charge in [0.15, 0.2) is 9.84 Å². The van der Waals surface area contributed by atoms with E-state index < -0.39 is 27.4 Å². The normalized spacial score (nSPS) is 19.2. The van der Waals surface area contributed by atoms with Gasteiger partial charge in [0.2, 0.25) is 5.91 Å². The third-order valence-electron chi connectivity index (χ3n) is 4.44. The fourth-order valence-electron chi connectivity index (χ4n) is 3.21. The van der Waals surface area contributed by atoms with Crippen LogP contribution >= 0.6 is 0 Å². The van der Waals surface area contributed by atoms with Crippen molar-refractivity contribution in [2.45, 2.75) is 32.7 Å². The number of phenolic OH excluding ortho intramolecular Hbond substituents is 1. The Bertz CT molecular complexity index is 1020. The number of aryl methyl sites for hydroxylation is 2. The lowest BCUT2D eigenvalue weighted by atomic mass is 10.0. The Labute approximate surface area is 144 Å². The van der Waals surface area contributed by atoms with Crippen molar-refractivity contribution in [1.82, 2.24) is 5.32 Å². The largest absolute Gasteiger partial charge is 0.507 e. The number of rotatable bonds is 3. The number of sulfone groups is 1. The molecular weight excluding hydrogens is 346 g/mol. The van der Waals surface area contributed by atoms with Crippen LogP contribution in [-0.4, -0.2) is 37.0 Å². The molecule has 0 spiro atoms. The number of carbonyl (C=O) groups excluding carboxylic acids is 1. The molecular formula is C17H19NO6S. The second-order valence-electron chi connectivity index (χ2n) is 6.49. The smallest absolute Gasteiger partial charge is 0.340 e. The van der Waals surface area contributed by atoms with Gasteiger partial charge in [-0.3, -0.25) is 4.79 Å². The SMILES string of the molecule is Cc1cc(O)c2c(C)c(CC(=O)NC3CCS(=O)(=O)C3)c(=O)oc2c1. The Morgan fingerprint density at radius 2 is 2.08 bits per heavy atom. The molecule has 1 aliphatic heterocycles. The molecule has 0 radical (unpaired) electrons. The number of phenols is 1. The Morgan fingerprint density at radius 3 is 2.72 bits per heavy atom. The summed E-state index contributed by atoms with van der Waals surface area (Å²) in [6, 6.07) is 2.78. The maximum Gasteiger partial charge on any atom is 0.340 e. The van der Waals surface area contributed by atoms with E-state index in [2.05, 4.69) is 5.32 Å². The lowest BCUT2D eigenvalue weighted by Gasteiger charge is -2.12. The van der Waals surface area contributed by atoms with E-state index in [0.717, 1.165) is 5.56 Å². The number of amides is 1. The van der Waals surface area contributed by atoms with Crippen LogP contribution in [0.3, 0.4) is 0 Å². The van der Waals surface area contributed by atoms with Crippen molar-refractivity contribution in [3.8, 4) is 5.75 Å². The molecule has 2 N–H and O–H groups in total. The Kier molecular flexibility index (Phi) is 4.32. The van der Waals surface area contributed by atoms with Gasteiger partial charge < -0.3 is 14.8 Å². The molecule has 2 aromatic rings. The standard InChI is InChI=1S/C17H19NO6S/c1-9-5-13(19)16-10(2)12(17(21)24-14(16)6-9)7-15(20)18-11-3-4-25(22,23)8-11/h5-6,11,19H,3-4,7-8H2,1-2H3,(H,18,20). The van der Waals surface area contributed by atoms with Crippen LogP contribution in [0, 0.1) is 13.8 Å². The molecule has 8 heteroatoms. The Hall–Kier alpha value is -2.35. The van der Waals surface area contributed by atoms with Gasteiger partial charge in [-0.1, -0.05) is 0 Å². The molecule has 0 aliphatic carbocycles. The Morgan fingerprint density at radius 1 is 1.36 bits per heavy atom. The minimum absolute atomic E-state index is 0.0141. The summed E-state index contributed by atoms with van der Waals surface area (Å²) >= 11 is 0. The van der Waals surface area contributed by atoms with Crippen LogP contribution in [0.1, 0.15) is 23.1 Å². The van der Waals surface area contributed by atoms with E-state index in [-0.39, 0.29) is 34.8 Å². The van der Waals surface area contributed by atoms with Crippen molar-refractivity contribution >= 4 is 26.7 Å². The van der Waals surface area contributed by atoms with Crippen LogP contribution in [0.5, 0.6) is 5.75 Å². The first-order valence-electron chi connectivity index (χ1n) is 7.92. The van der Waals surface area contributed by atoms with E-state index in [9.17, 15) is 23.1 Å². The van der Waals surface area contributed by atoms with Gasteiger partial charge in [0.1, 0.15) is 11.3 Å². The summed E-state index contributed by atoms with van der Waals surface area (Å²) in [5.74, 6) is -0.477. The lowest BCUT2D eigenvalue weighted by molar-refractivity contribution is -0.121. The van der Waals surface area contributed by atoms with Crippen molar-refractivity contribution in [1.29, 1.82) is 0 Å². The van der Waals surface area contributed by atoms with E-state index in [1.54, 1.807) is 26.0 Å². The topological polar surface area (TPSA) is 114 Å². The molecule has 134 valence electrons. The van der Waals surface area contributed by atoms with Crippen molar-refractivity contribution in [3.63, 3.8) is 0 Å². The number of benzene rings is 1. The molecule has 0 saturated carbocycles. The van der Waals surface area contributed by atoms with Crippen molar-refractivity contribution in [3.05, 3.63) is 39.2 Å². The summed E-state index contributed by atoms with van der Waals surface area (Å²) in [4.78, 5) is 24.4. The van der Waals surface area contributed by atoms with E-state index in [4.69, 9.17) is 4.42 Å². The Balaban J connectivity index is 1.89. The van der Waals surface area contributed by atoms with E-state index >= 15 is 0 Å². The summed E-state index contributed by atoms with van der Waals surface area (Å²) < 4.78 is 28.2. The molecule has 1 aliphatic rings. The van der Waals surface area contributed by atoms with Gasteiger partial charge in [0, 0.05) is 6.04 Å². The molecule has 7 nitrogen and oxygen atoms in total. The minimum atomic E-state index is -3.10. The fourth-order valence-corrected chi connectivity index (χ4v) is 4.88. The first-order valence-corrected chi connectivity index (χ1v) is 9.74. The summed E-state index contributed by atoms with van der Waals surface area (Å²) in [6.45, 7) is 3.42. The average Bonchev–Trinajstić information content (AvgIpc) is 2.81. The zero-order valence-electron chi connectivity index (χ0n) is 14.0. The quantitative estimate of drug-likeness (QED) is 0.783. The van der Waals surface area contributed by atoms with Crippen molar-refractivity contribution in [2.75, 3.05) is 11.5 Å². The molecule has 1 atom stereocenters. The van der Waals surface area contributed by atoms with Crippen LogP contribution in [0.25, 0.3) is 11.0 Å². The summed E-state index contributed by atoms with van der Waals surface area (Å²) in [7, 11) is -3.10. The maximum atomic E-state index is 12.2. The second-order valence-corrected chi connectivity index (χ2v) is 8.72. The fraction of sp³-hybridized carbons (Fsp3) is 0.412. The van der Waals surface area contributed by atoms with Gasteiger partial charge in [-0.2, -0.15) is 0 Å². The van der Waals surface area contributed by atoms with E-state index in [1.165, 1.54) is 0 Å². The van der Waals surface area contributed by atoms with E-state index in [1.807, 2.05) is 0 Å². The summed E-state index contributed by atoms with van der Waals surface area (Å²) in [5, 5.41) is 13.2. The highest BCUT2D eigenvalue weighted by Crippen LogP contribution is 2.29. The molecule has 25 heavy (non-hydrogen) atoms. The number of carbonyl (C=O) groups is 1. The predicted molar refractivity (Wildman–Crippen MR) is 92.5 cm³/mol. The highest BCUT2D eigenvalue weighted by Gasteiger charge is 2.29. The third-order valence-corrected chi connectivity index (χ3v) is 6.21. The number of hydrogen-bond donors (Lipinski definition) is 2. The van der Waals surface area contributed by atoms with Crippen LogP contribution in [0.4, 0.5) is 0 Å². The van der Waals surface area contributed by atoms with Crippen molar-refractivity contribution < 1.29 is 22.7 Å². The predicted octanol–water partition coefficient (Wildman–Crippen LogP) is 0.961. The minimum Gasteiger partial charge on any atom is -0.507 e. The van der Waals surface area contributed by atoms with Gasteiger partial charge in [0.25, 0.3) is 0 Å². The van der Waals surface area contributed by atoms with Crippen LogP contribution in [-0.2, 0) is 21.1 Å². The van der Waals surface area contributed by atoms with Crippen LogP contribution < -0.4 is 10.9 Å². The molecule has 0 bridgehead atoms. The molecule has 3 rings (SSSR count). The highest BCUT2D eigenvalue weighted by molar-refractivity contribution is 7.91. The third kappa shape index (κ3) is 3.53. The molecule has 1 saturated heterocycles. The first kappa shape index (κ1) is 17.5. The molecule has 1 unspecified atom stereocenters. The maximum absolute atomic E-state index is 12.2. The van der Waals surface area contributed by atoms with Crippen LogP contribution in [0.2, 0.25) is 0 Å². The molecule has 1 amide bonds. The average molecular weight is 365 g/mol. The number of nitrogens with one attached hydrogen (secondary N) is 1. The number of fused-ring (bicyclic) bond motifs is 1. The summed E-state index contributed by atoms with van der Waals surface area (Å²) in [5.41, 5.74) is 1.03. The number of aromatic hydroxyl groups is 1. The van der Waals surface area contributed by atoms with Gasteiger partial charge in [-0.25, -0.2) is 13.2 Å². The van der Waals surface area contributed by atoms with Gasteiger partial charge in [-0.15, -0.1) is 0 Å². The number of hydrogen-bond acceptors (Lipinski definition) is 6. The summed E-state index contributed by atoms with van der Waals surface area (Å²) in [6.07, 6.45) is 0.146. The van der Waals surface area contributed by atoms with Gasteiger partial charge >= 0.3 is 5.63 Å². The zero-order chi connectivity index (χ0) is 18.4. The van der Waals surface area contributed by atoms with Crippen LogP contribution in [0.15, 0.2) is 21.3 Å². The lowest BCUT2D eigenvalue weighted by Crippen LogP contribution is -2.37. The van der Waals surface area contributed by atoms with Gasteiger partial charge in [-0.05, 0) is 43.5 Å². The van der Waals surface area contributed by atoms with E-state index in [0.29, 0.717) is 17.4 Å². The highest BCUT2D eigenvalue weighted by atomic mass is 32.2. The molecule has 1 aromatic carbocycles. The molecule has 1 fully saturated rings. The zero-order valence-corrected chi connectivity index (χ0v) is 14.8. The van der Waals surface area contributed by atoms with Crippen molar-refractivity contribution in [2.24, 2.45) is 0 Å². The molecule has 1 aromatic heterocycles.